The lowest BCUT2D eigenvalue weighted by atomic mass is 9.89. The van der Waals surface area contributed by atoms with E-state index in [0.29, 0.717) is 28.0 Å². The number of unbranched alkanes of at least 4 members (excludes halogenated alkanes) is 2. The van der Waals surface area contributed by atoms with E-state index in [-0.39, 0.29) is 42.0 Å². The predicted octanol–water partition coefficient (Wildman–Crippen LogP) is 6.33. The standard InChI is InChI=1S/C40H44N4O7/c1-4-5-9-22-33(46)42-38(48)35-31(23-28-16-10-6-11-17-28)24-32(45)36(34(35)30-20-14-8-15-21-30)43-37(47)27(3)44(39(49)26(2)41)40(50)51-25-29-18-12-7-13-19-29/h6-8,10-21,24,26-27,45H,4-5,9,22-23,25,41H2,1-3H3,(H,43,47)(H,42,46,48)/t26-,27+/m1/s1. The van der Waals surface area contributed by atoms with Crippen LogP contribution >= 0.6 is 0 Å². The van der Waals surface area contributed by atoms with Crippen molar-refractivity contribution in [3.63, 3.8) is 0 Å². The number of ether oxygens (including phenoxy) is 1. The summed E-state index contributed by atoms with van der Waals surface area (Å²) >= 11 is 0. The highest BCUT2D eigenvalue weighted by molar-refractivity contribution is 6.14. The molecule has 0 aliphatic heterocycles. The van der Waals surface area contributed by atoms with E-state index in [9.17, 15) is 29.1 Å². The molecule has 0 fully saturated rings. The molecule has 11 heteroatoms. The number of phenols is 1. The van der Waals surface area contributed by atoms with Crippen LogP contribution in [-0.2, 0) is 32.1 Å². The number of hydrogen-bond donors (Lipinski definition) is 4. The van der Waals surface area contributed by atoms with Crippen LogP contribution in [0.2, 0.25) is 0 Å². The molecule has 0 radical (unpaired) electrons. The van der Waals surface area contributed by atoms with Crippen molar-refractivity contribution >= 4 is 35.4 Å². The van der Waals surface area contributed by atoms with E-state index in [1.807, 2.05) is 37.3 Å². The van der Waals surface area contributed by atoms with Crippen LogP contribution in [0.1, 0.15) is 73.5 Å². The van der Waals surface area contributed by atoms with Gasteiger partial charge < -0.3 is 20.9 Å². The molecule has 5 amide bonds. The fourth-order valence-electron chi connectivity index (χ4n) is 5.54. The van der Waals surface area contributed by atoms with Crippen LogP contribution in [0.25, 0.3) is 11.1 Å². The fraction of sp³-hybridized carbons (Fsp3) is 0.275. The van der Waals surface area contributed by atoms with E-state index in [0.717, 1.165) is 18.4 Å². The molecule has 4 aromatic carbocycles. The van der Waals surface area contributed by atoms with E-state index in [1.54, 1.807) is 60.7 Å². The molecule has 4 aromatic rings. The highest BCUT2D eigenvalue weighted by atomic mass is 16.6. The number of nitrogens with two attached hydrogens (primary N) is 1. The van der Waals surface area contributed by atoms with E-state index >= 15 is 0 Å². The number of nitrogens with one attached hydrogen (secondary N) is 2. The average Bonchev–Trinajstić information content (AvgIpc) is 3.12. The number of aromatic hydroxyl groups is 1. The van der Waals surface area contributed by atoms with Gasteiger partial charge in [0.1, 0.15) is 18.4 Å². The van der Waals surface area contributed by atoms with Crippen molar-refractivity contribution in [1.29, 1.82) is 0 Å². The Balaban J connectivity index is 1.78. The minimum Gasteiger partial charge on any atom is -0.506 e. The molecule has 0 aliphatic rings. The molecule has 0 saturated carbocycles. The molecular formula is C40H44N4O7. The zero-order valence-electron chi connectivity index (χ0n) is 29.1. The van der Waals surface area contributed by atoms with Crippen LogP contribution in [-0.4, -0.2) is 51.8 Å². The second-order valence-corrected chi connectivity index (χ2v) is 12.2. The summed E-state index contributed by atoms with van der Waals surface area (Å²) in [4.78, 5) is 68.0. The zero-order chi connectivity index (χ0) is 36.9. The third-order valence-corrected chi connectivity index (χ3v) is 8.22. The third kappa shape index (κ3) is 10.1. The average molecular weight is 693 g/mol. The first kappa shape index (κ1) is 38.0. The van der Waals surface area contributed by atoms with Crippen LogP contribution in [0.15, 0.2) is 97.1 Å². The van der Waals surface area contributed by atoms with Gasteiger partial charge >= 0.3 is 6.09 Å². The smallest absolute Gasteiger partial charge is 0.417 e. The Morgan fingerprint density at radius 1 is 0.843 bits per heavy atom. The molecule has 0 unspecified atom stereocenters. The highest BCUT2D eigenvalue weighted by Gasteiger charge is 2.36. The van der Waals surface area contributed by atoms with Crippen molar-refractivity contribution in [2.45, 2.75) is 71.6 Å². The lowest BCUT2D eigenvalue weighted by Crippen LogP contribution is -2.53. The lowest BCUT2D eigenvalue weighted by molar-refractivity contribution is -0.137. The van der Waals surface area contributed by atoms with Crippen LogP contribution in [0.5, 0.6) is 5.75 Å². The summed E-state index contributed by atoms with van der Waals surface area (Å²) in [6.45, 7) is 4.56. The van der Waals surface area contributed by atoms with Gasteiger partial charge in [-0.2, -0.15) is 0 Å². The zero-order valence-corrected chi connectivity index (χ0v) is 29.1. The van der Waals surface area contributed by atoms with Gasteiger partial charge in [-0.1, -0.05) is 111 Å². The summed E-state index contributed by atoms with van der Waals surface area (Å²) in [5.74, 6) is -3.26. The molecule has 0 aromatic heterocycles. The number of anilines is 1. The van der Waals surface area contributed by atoms with Crippen molar-refractivity contribution in [3.05, 3.63) is 119 Å². The van der Waals surface area contributed by atoms with Crippen LogP contribution in [0, 0.1) is 0 Å². The number of hydrogen-bond acceptors (Lipinski definition) is 8. The summed E-state index contributed by atoms with van der Waals surface area (Å²) in [5, 5.41) is 16.7. The van der Waals surface area contributed by atoms with Crippen molar-refractivity contribution in [3.8, 4) is 16.9 Å². The second kappa shape index (κ2) is 18.3. The summed E-state index contributed by atoms with van der Waals surface area (Å²) in [7, 11) is 0. The lowest BCUT2D eigenvalue weighted by Gasteiger charge is -2.28. The molecule has 4 rings (SSSR count). The van der Waals surface area contributed by atoms with Gasteiger partial charge in [0.05, 0.1) is 17.3 Å². The minimum absolute atomic E-state index is 0.0698. The summed E-state index contributed by atoms with van der Waals surface area (Å²) in [5.41, 5.74) is 8.30. The van der Waals surface area contributed by atoms with E-state index < -0.39 is 41.8 Å². The van der Waals surface area contributed by atoms with Crippen molar-refractivity contribution in [2.24, 2.45) is 5.73 Å². The first-order chi connectivity index (χ1) is 24.5. The molecule has 266 valence electrons. The van der Waals surface area contributed by atoms with Gasteiger partial charge in [-0.25, -0.2) is 9.69 Å². The molecule has 0 aliphatic carbocycles. The Kier molecular flexibility index (Phi) is 13.6. The maximum Gasteiger partial charge on any atom is 0.417 e. The largest absolute Gasteiger partial charge is 0.506 e. The number of benzene rings is 4. The molecule has 11 nitrogen and oxygen atoms in total. The first-order valence-electron chi connectivity index (χ1n) is 16.9. The van der Waals surface area contributed by atoms with Gasteiger partial charge in [0.2, 0.25) is 17.7 Å². The first-order valence-corrected chi connectivity index (χ1v) is 16.9. The molecule has 0 saturated heterocycles. The Bertz CT molecular complexity index is 1830. The predicted molar refractivity (Wildman–Crippen MR) is 195 cm³/mol. The maximum absolute atomic E-state index is 14.1. The van der Waals surface area contributed by atoms with Crippen LogP contribution in [0.3, 0.4) is 0 Å². The van der Waals surface area contributed by atoms with Gasteiger partial charge in [0.25, 0.3) is 5.91 Å². The van der Waals surface area contributed by atoms with Crippen molar-refractivity contribution in [1.82, 2.24) is 10.2 Å². The third-order valence-electron chi connectivity index (χ3n) is 8.22. The molecular weight excluding hydrogens is 648 g/mol. The number of imide groups is 2. The summed E-state index contributed by atoms with van der Waals surface area (Å²) in [6.07, 6.45) is 1.62. The summed E-state index contributed by atoms with van der Waals surface area (Å²) < 4.78 is 5.39. The Labute approximate surface area is 297 Å². The van der Waals surface area contributed by atoms with Gasteiger partial charge in [-0.05, 0) is 55.0 Å². The van der Waals surface area contributed by atoms with Gasteiger partial charge in [-0.3, -0.25) is 24.5 Å². The Morgan fingerprint density at radius 2 is 1.43 bits per heavy atom. The maximum atomic E-state index is 14.1. The molecule has 51 heavy (non-hydrogen) atoms. The topological polar surface area (TPSA) is 168 Å². The van der Waals surface area contributed by atoms with E-state index in [2.05, 4.69) is 10.6 Å². The monoisotopic (exact) mass is 692 g/mol. The number of nitrogens with zero attached hydrogens (tertiary/aromatic N) is 1. The highest BCUT2D eigenvalue weighted by Crippen LogP contribution is 2.41. The molecule has 2 atom stereocenters. The fourth-order valence-corrected chi connectivity index (χ4v) is 5.54. The number of carbonyl (C=O) groups excluding carboxylic acids is 5. The molecule has 0 spiro atoms. The molecule has 5 N–H and O–H groups in total. The minimum atomic E-state index is -1.46. The molecule has 0 heterocycles. The second-order valence-electron chi connectivity index (χ2n) is 12.2. The number of phenolic OH excluding ortho intramolecular Hbond substituents is 1. The van der Waals surface area contributed by atoms with Crippen molar-refractivity contribution in [2.75, 3.05) is 5.32 Å². The molecule has 0 bridgehead atoms. The van der Waals surface area contributed by atoms with Crippen LogP contribution in [0.4, 0.5) is 10.5 Å². The van der Waals surface area contributed by atoms with Gasteiger partial charge in [0.15, 0.2) is 0 Å². The SMILES string of the molecule is CCCCCC(=O)NC(=O)c1c(Cc2ccccc2)cc(O)c(NC(=O)[C@H](C)N(C(=O)OCc2ccccc2)C(=O)[C@@H](C)N)c1-c1ccccc1. The van der Waals surface area contributed by atoms with Crippen LogP contribution < -0.4 is 16.4 Å². The Hall–Kier alpha value is -5.81. The Morgan fingerprint density at radius 3 is 2.02 bits per heavy atom. The van der Waals surface area contributed by atoms with E-state index in [1.165, 1.54) is 19.9 Å². The number of rotatable bonds is 14. The van der Waals surface area contributed by atoms with Gasteiger partial charge in [0, 0.05) is 12.0 Å². The van der Waals surface area contributed by atoms with Gasteiger partial charge in [-0.15, -0.1) is 0 Å². The number of amides is 5. The number of carbonyl (C=O) groups is 5. The quantitative estimate of drug-likeness (QED) is 0.0879. The van der Waals surface area contributed by atoms with Crippen molar-refractivity contribution < 1.29 is 33.8 Å². The van der Waals surface area contributed by atoms with E-state index in [4.69, 9.17) is 10.5 Å². The normalized spacial score (nSPS) is 11.9. The summed E-state index contributed by atoms with van der Waals surface area (Å²) in [6, 6.07) is 25.5.